The molecule has 90 valence electrons. The first-order chi connectivity index (χ1) is 7.79. The number of rotatable bonds is 1. The van der Waals surface area contributed by atoms with Crippen LogP contribution in [0.4, 0.5) is 0 Å². The van der Waals surface area contributed by atoms with E-state index in [9.17, 15) is 10.2 Å². The van der Waals surface area contributed by atoms with Gasteiger partial charge in [0.25, 0.3) is 0 Å². The van der Waals surface area contributed by atoms with Crippen molar-refractivity contribution in [3.8, 4) is 0 Å². The molecule has 0 bridgehead atoms. The molecule has 2 aliphatic heterocycles. The third-order valence-corrected chi connectivity index (χ3v) is 1.78. The average molecular weight is 224 g/mol. The average Bonchev–Trinajstić information content (AvgIpc) is 2.93. The van der Waals surface area contributed by atoms with Gasteiger partial charge in [0.2, 0.25) is 0 Å². The van der Waals surface area contributed by atoms with Gasteiger partial charge in [-0.1, -0.05) is 27.7 Å². The predicted octanol–water partition coefficient (Wildman–Crippen LogP) is 3.53. The Labute approximate surface area is 96.8 Å². The smallest absolute Gasteiger partial charge is 0.129 e. The summed E-state index contributed by atoms with van der Waals surface area (Å²) in [5, 5.41) is 18.6. The van der Waals surface area contributed by atoms with Crippen LogP contribution in [0.2, 0.25) is 0 Å². The van der Waals surface area contributed by atoms with Gasteiger partial charge in [0.05, 0.1) is 0 Å². The number of hydrogen-bond donors (Lipinski definition) is 2. The van der Waals surface area contributed by atoms with Crippen molar-refractivity contribution in [2.24, 2.45) is 9.98 Å². The zero-order valence-electron chi connectivity index (χ0n) is 10.4. The quantitative estimate of drug-likeness (QED) is 0.715. The summed E-state index contributed by atoms with van der Waals surface area (Å²) >= 11 is 0. The Morgan fingerprint density at radius 2 is 1.12 bits per heavy atom. The number of aliphatic hydroxyl groups excluding tert-OH is 2. The normalized spacial score (nSPS) is 17.0. The fourth-order valence-corrected chi connectivity index (χ4v) is 1.18. The molecule has 0 aromatic carbocycles. The molecule has 2 aliphatic rings. The molecule has 0 atom stereocenters. The molecule has 0 unspecified atom stereocenters. The highest BCUT2D eigenvalue weighted by atomic mass is 16.3. The van der Waals surface area contributed by atoms with Crippen LogP contribution in [-0.2, 0) is 0 Å². The monoisotopic (exact) mass is 224 g/mol. The SMILES string of the molecule is CC.CC.OC1=C(C2=C(O)CC=N2)N=CC1. The van der Waals surface area contributed by atoms with Crippen molar-refractivity contribution in [2.45, 2.75) is 40.5 Å². The zero-order valence-corrected chi connectivity index (χ0v) is 10.4. The van der Waals surface area contributed by atoms with Crippen LogP contribution in [0.3, 0.4) is 0 Å². The molecule has 0 spiro atoms. The van der Waals surface area contributed by atoms with Crippen molar-refractivity contribution in [3.63, 3.8) is 0 Å². The first kappa shape index (κ1) is 14.4. The molecule has 0 saturated carbocycles. The molecule has 0 amide bonds. The lowest BCUT2D eigenvalue weighted by Gasteiger charge is -1.98. The second kappa shape index (κ2) is 7.68. The third-order valence-electron chi connectivity index (χ3n) is 1.78. The van der Waals surface area contributed by atoms with Gasteiger partial charge in [-0.15, -0.1) is 0 Å². The Bertz CT molecular complexity index is 305. The Balaban J connectivity index is 0.000000509. The third kappa shape index (κ3) is 3.22. The standard InChI is InChI=1S/C8H8N2O2.2C2H6/c11-5-1-3-9-7(5)8-6(12)2-4-10-8;2*1-2/h3-4,11-12H,1-2H2;2*1-2H3. The van der Waals surface area contributed by atoms with Crippen molar-refractivity contribution in [3.05, 3.63) is 22.9 Å². The van der Waals surface area contributed by atoms with Crippen LogP contribution in [0.25, 0.3) is 0 Å². The molecule has 0 saturated heterocycles. The van der Waals surface area contributed by atoms with Crippen molar-refractivity contribution in [1.29, 1.82) is 0 Å². The van der Waals surface area contributed by atoms with E-state index in [0.717, 1.165) is 0 Å². The molecule has 0 aliphatic carbocycles. The molecule has 0 radical (unpaired) electrons. The number of hydrogen-bond acceptors (Lipinski definition) is 4. The van der Waals surface area contributed by atoms with Crippen LogP contribution in [0.1, 0.15) is 40.5 Å². The van der Waals surface area contributed by atoms with Gasteiger partial charge in [-0.2, -0.15) is 0 Å². The summed E-state index contributed by atoms with van der Waals surface area (Å²) in [5.74, 6) is 0.353. The lowest BCUT2D eigenvalue weighted by atomic mass is 10.2. The van der Waals surface area contributed by atoms with Crippen LogP contribution in [-0.4, -0.2) is 22.6 Å². The highest BCUT2D eigenvalue weighted by Crippen LogP contribution is 2.27. The van der Waals surface area contributed by atoms with E-state index in [4.69, 9.17) is 0 Å². The summed E-state index contributed by atoms with van der Waals surface area (Å²) in [4.78, 5) is 7.84. The maximum Gasteiger partial charge on any atom is 0.129 e. The van der Waals surface area contributed by atoms with Gasteiger partial charge in [-0.05, 0) is 0 Å². The minimum absolute atomic E-state index is 0.176. The molecule has 4 nitrogen and oxygen atoms in total. The second-order valence-corrected chi connectivity index (χ2v) is 2.62. The van der Waals surface area contributed by atoms with Crippen LogP contribution < -0.4 is 0 Å². The summed E-state index contributed by atoms with van der Waals surface area (Å²) in [6.45, 7) is 8.00. The number of nitrogens with zero attached hydrogens (tertiary/aromatic N) is 2. The van der Waals surface area contributed by atoms with Crippen LogP contribution in [0.15, 0.2) is 32.9 Å². The Morgan fingerprint density at radius 1 is 0.812 bits per heavy atom. The molecule has 0 aromatic rings. The summed E-state index contributed by atoms with van der Waals surface area (Å²) in [5.41, 5.74) is 0.808. The molecular weight excluding hydrogens is 204 g/mol. The van der Waals surface area contributed by atoms with Gasteiger partial charge < -0.3 is 10.2 Å². The van der Waals surface area contributed by atoms with Crippen LogP contribution >= 0.6 is 0 Å². The van der Waals surface area contributed by atoms with E-state index in [1.54, 1.807) is 12.4 Å². The largest absolute Gasteiger partial charge is 0.510 e. The first-order valence-electron chi connectivity index (χ1n) is 5.68. The highest BCUT2D eigenvalue weighted by molar-refractivity contribution is 5.73. The lowest BCUT2D eigenvalue weighted by molar-refractivity contribution is 0.392. The van der Waals surface area contributed by atoms with Crippen LogP contribution in [0, 0.1) is 0 Å². The summed E-state index contributed by atoms with van der Waals surface area (Å²) in [7, 11) is 0. The van der Waals surface area contributed by atoms with E-state index in [2.05, 4.69) is 9.98 Å². The first-order valence-corrected chi connectivity index (χ1v) is 5.68. The van der Waals surface area contributed by atoms with E-state index in [-0.39, 0.29) is 11.5 Å². The Hall–Kier alpha value is -1.58. The topological polar surface area (TPSA) is 65.2 Å². The molecule has 16 heavy (non-hydrogen) atoms. The lowest BCUT2D eigenvalue weighted by Crippen LogP contribution is -1.88. The molecule has 2 heterocycles. The van der Waals surface area contributed by atoms with Crippen molar-refractivity contribution >= 4 is 12.4 Å². The van der Waals surface area contributed by atoms with Gasteiger partial charge in [0, 0.05) is 25.3 Å². The number of aliphatic imine (C=N–C) groups is 2. The van der Waals surface area contributed by atoms with Gasteiger partial charge in [-0.25, -0.2) is 0 Å². The Morgan fingerprint density at radius 3 is 1.31 bits per heavy atom. The van der Waals surface area contributed by atoms with Crippen molar-refractivity contribution < 1.29 is 10.2 Å². The maximum atomic E-state index is 9.30. The minimum atomic E-state index is 0.176. The Kier molecular flexibility index (Phi) is 6.92. The fraction of sp³-hybridized carbons (Fsp3) is 0.500. The summed E-state index contributed by atoms with van der Waals surface area (Å²) < 4.78 is 0. The van der Waals surface area contributed by atoms with Gasteiger partial charge >= 0.3 is 0 Å². The van der Waals surface area contributed by atoms with Crippen molar-refractivity contribution in [1.82, 2.24) is 0 Å². The van der Waals surface area contributed by atoms with E-state index in [1.807, 2.05) is 27.7 Å². The summed E-state index contributed by atoms with van der Waals surface area (Å²) in [6, 6.07) is 0. The maximum absolute atomic E-state index is 9.30. The fourth-order valence-electron chi connectivity index (χ4n) is 1.18. The van der Waals surface area contributed by atoms with Gasteiger partial charge in [0.15, 0.2) is 0 Å². The predicted molar refractivity (Wildman–Crippen MR) is 68.2 cm³/mol. The number of aliphatic hydroxyl groups is 2. The van der Waals surface area contributed by atoms with Crippen LogP contribution in [0.5, 0.6) is 0 Å². The molecule has 4 heteroatoms. The van der Waals surface area contributed by atoms with Crippen molar-refractivity contribution in [2.75, 3.05) is 0 Å². The summed E-state index contributed by atoms with van der Waals surface area (Å²) in [6.07, 6.45) is 4.06. The van der Waals surface area contributed by atoms with E-state index in [0.29, 0.717) is 24.2 Å². The van der Waals surface area contributed by atoms with E-state index in [1.165, 1.54) is 0 Å². The minimum Gasteiger partial charge on any atom is -0.510 e. The number of allylic oxidation sites excluding steroid dienone is 2. The van der Waals surface area contributed by atoms with Gasteiger partial charge in [-0.3, -0.25) is 9.98 Å². The molecule has 2 N–H and O–H groups in total. The molecule has 0 fully saturated rings. The van der Waals surface area contributed by atoms with Gasteiger partial charge in [0.1, 0.15) is 22.9 Å². The van der Waals surface area contributed by atoms with E-state index >= 15 is 0 Å². The molecular formula is C12H20N2O2. The molecule has 0 aromatic heterocycles. The second-order valence-electron chi connectivity index (χ2n) is 2.62. The zero-order chi connectivity index (χ0) is 12.6. The highest BCUT2D eigenvalue weighted by Gasteiger charge is 2.19. The van der Waals surface area contributed by atoms with E-state index < -0.39 is 0 Å². The molecule has 2 rings (SSSR count).